The van der Waals surface area contributed by atoms with Crippen molar-refractivity contribution in [2.45, 2.75) is 51.1 Å². The summed E-state index contributed by atoms with van der Waals surface area (Å²) >= 11 is 0. The van der Waals surface area contributed by atoms with Crippen LogP contribution in [0.15, 0.2) is 18.2 Å². The molecule has 0 spiro atoms. The number of amides is 1. The Morgan fingerprint density at radius 2 is 2.28 bits per heavy atom. The van der Waals surface area contributed by atoms with Crippen LogP contribution in [0.25, 0.3) is 10.9 Å². The van der Waals surface area contributed by atoms with E-state index in [1.54, 1.807) is 0 Å². The van der Waals surface area contributed by atoms with Crippen LogP contribution in [0.1, 0.15) is 42.5 Å². The molecule has 3 N–H and O–H groups in total. The SMILES string of the molecule is CCCN1C[C@@H](NC(=O)CO)C[C@@H]2c3cccc4[nH]c(C)c(c34)C[C@H]21. The van der Waals surface area contributed by atoms with Crippen molar-refractivity contribution >= 4 is 16.8 Å². The number of aromatic nitrogens is 1. The second-order valence-corrected chi connectivity index (χ2v) is 7.53. The lowest BCUT2D eigenvalue weighted by atomic mass is 9.73. The van der Waals surface area contributed by atoms with Crippen molar-refractivity contribution in [3.8, 4) is 0 Å². The highest BCUT2D eigenvalue weighted by Gasteiger charge is 2.41. The van der Waals surface area contributed by atoms with Crippen LogP contribution in [0.5, 0.6) is 0 Å². The van der Waals surface area contributed by atoms with Gasteiger partial charge in [-0.2, -0.15) is 0 Å². The van der Waals surface area contributed by atoms with E-state index >= 15 is 0 Å². The van der Waals surface area contributed by atoms with Gasteiger partial charge in [-0.3, -0.25) is 9.69 Å². The van der Waals surface area contributed by atoms with Crippen molar-refractivity contribution in [2.75, 3.05) is 19.7 Å². The zero-order valence-corrected chi connectivity index (χ0v) is 15.0. The maximum Gasteiger partial charge on any atom is 0.245 e. The van der Waals surface area contributed by atoms with Crippen LogP contribution in [0.3, 0.4) is 0 Å². The number of piperidine rings is 1. The highest BCUT2D eigenvalue weighted by Crippen LogP contribution is 2.44. The zero-order valence-electron chi connectivity index (χ0n) is 15.0. The Labute approximate surface area is 148 Å². The number of hydrogen-bond donors (Lipinski definition) is 3. The van der Waals surface area contributed by atoms with Gasteiger partial charge in [0, 0.05) is 41.1 Å². The third-order valence-electron chi connectivity index (χ3n) is 5.93. The first-order chi connectivity index (χ1) is 12.1. The van der Waals surface area contributed by atoms with E-state index in [9.17, 15) is 4.79 Å². The van der Waals surface area contributed by atoms with Crippen molar-refractivity contribution < 1.29 is 9.90 Å². The van der Waals surface area contributed by atoms with E-state index < -0.39 is 6.61 Å². The summed E-state index contributed by atoms with van der Waals surface area (Å²) in [7, 11) is 0. The van der Waals surface area contributed by atoms with E-state index in [0.717, 1.165) is 32.4 Å². The van der Waals surface area contributed by atoms with Gasteiger partial charge in [-0.15, -0.1) is 0 Å². The number of nitrogens with one attached hydrogen (secondary N) is 2. The molecule has 2 heterocycles. The third kappa shape index (κ3) is 2.75. The summed E-state index contributed by atoms with van der Waals surface area (Å²) < 4.78 is 0. The molecule has 1 aliphatic heterocycles. The summed E-state index contributed by atoms with van der Waals surface area (Å²) in [6.45, 7) is 5.87. The van der Waals surface area contributed by atoms with Gasteiger partial charge in [0.15, 0.2) is 0 Å². The van der Waals surface area contributed by atoms with Gasteiger partial charge in [-0.25, -0.2) is 0 Å². The number of nitrogens with zero attached hydrogens (tertiary/aromatic N) is 1. The van der Waals surface area contributed by atoms with Crippen molar-refractivity contribution in [3.05, 3.63) is 35.0 Å². The summed E-state index contributed by atoms with van der Waals surface area (Å²) in [6.07, 6.45) is 3.13. The van der Waals surface area contributed by atoms with Gasteiger partial charge < -0.3 is 15.4 Å². The molecule has 4 rings (SSSR count). The molecule has 134 valence electrons. The number of benzene rings is 1. The van der Waals surface area contributed by atoms with Crippen molar-refractivity contribution in [1.82, 2.24) is 15.2 Å². The van der Waals surface area contributed by atoms with Crippen LogP contribution in [0.2, 0.25) is 0 Å². The maximum absolute atomic E-state index is 11.7. The zero-order chi connectivity index (χ0) is 17.6. The van der Waals surface area contributed by atoms with Gasteiger partial charge in [0.1, 0.15) is 6.61 Å². The molecule has 5 nitrogen and oxygen atoms in total. The molecule has 25 heavy (non-hydrogen) atoms. The summed E-state index contributed by atoms with van der Waals surface area (Å²) in [6, 6.07) is 7.16. The van der Waals surface area contributed by atoms with E-state index in [4.69, 9.17) is 5.11 Å². The Kier molecular flexibility index (Phi) is 4.29. The molecule has 1 aromatic carbocycles. The normalized spacial score (nSPS) is 25.8. The van der Waals surface area contributed by atoms with E-state index in [2.05, 4.69) is 47.2 Å². The van der Waals surface area contributed by atoms with E-state index in [-0.39, 0.29) is 11.9 Å². The Bertz CT molecular complexity index is 798. The number of carbonyl (C=O) groups is 1. The lowest BCUT2D eigenvalue weighted by molar-refractivity contribution is -0.125. The van der Waals surface area contributed by atoms with Crippen LogP contribution < -0.4 is 5.32 Å². The quantitative estimate of drug-likeness (QED) is 0.797. The van der Waals surface area contributed by atoms with Crippen molar-refractivity contribution in [3.63, 3.8) is 0 Å². The molecule has 0 bridgehead atoms. The maximum atomic E-state index is 11.7. The summed E-state index contributed by atoms with van der Waals surface area (Å²) in [5.74, 6) is 0.155. The topological polar surface area (TPSA) is 68.4 Å². The fraction of sp³-hybridized carbons (Fsp3) is 0.550. The predicted octanol–water partition coefficient (Wildman–Crippen LogP) is 2.08. The summed E-state index contributed by atoms with van der Waals surface area (Å²) in [5.41, 5.74) is 5.39. The molecule has 3 atom stereocenters. The van der Waals surface area contributed by atoms with Gasteiger partial charge in [0.05, 0.1) is 0 Å². The number of aryl methyl sites for hydroxylation is 1. The first-order valence-corrected chi connectivity index (χ1v) is 9.36. The van der Waals surface area contributed by atoms with Crippen LogP contribution in [0, 0.1) is 6.92 Å². The first-order valence-electron chi connectivity index (χ1n) is 9.36. The Hall–Kier alpha value is -1.85. The molecular formula is C20H27N3O2. The lowest BCUT2D eigenvalue weighted by Gasteiger charge is -2.47. The molecular weight excluding hydrogens is 314 g/mol. The molecule has 2 aliphatic rings. The van der Waals surface area contributed by atoms with Gasteiger partial charge in [0.2, 0.25) is 5.91 Å². The molecule has 1 amide bonds. The average Bonchev–Trinajstić information content (AvgIpc) is 2.93. The second-order valence-electron chi connectivity index (χ2n) is 7.53. The average molecular weight is 341 g/mol. The molecule has 5 heteroatoms. The van der Waals surface area contributed by atoms with Crippen molar-refractivity contribution in [2.24, 2.45) is 0 Å². The van der Waals surface area contributed by atoms with Gasteiger partial charge >= 0.3 is 0 Å². The molecule has 1 aliphatic carbocycles. The fourth-order valence-corrected chi connectivity index (χ4v) is 4.99. The number of aromatic amines is 1. The molecule has 2 aromatic rings. The highest BCUT2D eigenvalue weighted by atomic mass is 16.3. The highest BCUT2D eigenvalue weighted by molar-refractivity contribution is 5.89. The Balaban J connectivity index is 1.74. The molecule has 0 saturated carbocycles. The van der Waals surface area contributed by atoms with E-state index in [1.807, 2.05) is 0 Å². The number of likely N-dealkylation sites (tertiary alicyclic amines) is 1. The fourth-order valence-electron chi connectivity index (χ4n) is 4.99. The summed E-state index contributed by atoms with van der Waals surface area (Å²) in [4.78, 5) is 17.8. The number of rotatable bonds is 4. The number of aliphatic hydroxyl groups is 1. The van der Waals surface area contributed by atoms with Gasteiger partial charge in [-0.1, -0.05) is 19.1 Å². The minimum Gasteiger partial charge on any atom is -0.387 e. The molecule has 0 unspecified atom stereocenters. The van der Waals surface area contributed by atoms with Crippen LogP contribution in [0.4, 0.5) is 0 Å². The van der Waals surface area contributed by atoms with Crippen LogP contribution in [-0.2, 0) is 11.2 Å². The first kappa shape index (κ1) is 16.6. The van der Waals surface area contributed by atoms with Gasteiger partial charge in [-0.05, 0) is 49.9 Å². The predicted molar refractivity (Wildman–Crippen MR) is 98.8 cm³/mol. The second kappa shape index (κ2) is 6.46. The number of hydrogen-bond acceptors (Lipinski definition) is 3. The number of aliphatic hydroxyl groups excluding tert-OH is 1. The van der Waals surface area contributed by atoms with Crippen molar-refractivity contribution in [1.29, 1.82) is 0 Å². The lowest BCUT2D eigenvalue weighted by Crippen LogP contribution is -2.56. The smallest absolute Gasteiger partial charge is 0.245 e. The minimum atomic E-state index is -0.435. The largest absolute Gasteiger partial charge is 0.387 e. The Morgan fingerprint density at radius 3 is 3.04 bits per heavy atom. The molecule has 1 fully saturated rings. The van der Waals surface area contributed by atoms with E-state index in [0.29, 0.717) is 12.0 Å². The van der Waals surface area contributed by atoms with Crippen LogP contribution >= 0.6 is 0 Å². The Morgan fingerprint density at radius 1 is 1.44 bits per heavy atom. The molecule has 1 aromatic heterocycles. The third-order valence-corrected chi connectivity index (χ3v) is 5.93. The van der Waals surface area contributed by atoms with Gasteiger partial charge in [0.25, 0.3) is 0 Å². The van der Waals surface area contributed by atoms with Crippen LogP contribution in [-0.4, -0.2) is 52.7 Å². The molecule has 1 saturated heterocycles. The monoisotopic (exact) mass is 341 g/mol. The number of carbonyl (C=O) groups excluding carboxylic acids is 1. The van der Waals surface area contributed by atoms with E-state index in [1.165, 1.54) is 27.7 Å². The number of H-pyrrole nitrogens is 1. The minimum absolute atomic E-state index is 0.101. The number of fused-ring (bicyclic) bond motifs is 2. The summed E-state index contributed by atoms with van der Waals surface area (Å²) in [5, 5.41) is 13.5. The molecule has 0 radical (unpaired) electrons. The standard InChI is InChI=1S/C20H27N3O2/c1-3-7-23-10-13(22-19(25)11-24)8-16-14-5-4-6-17-20(14)15(9-18(16)23)12(2)21-17/h4-6,13,16,18,21,24H,3,7-11H2,1-2H3,(H,22,25)/t13-,16+,18+/m0/s1.